The summed E-state index contributed by atoms with van der Waals surface area (Å²) in [5.41, 5.74) is 0. The number of hydrogen-bond acceptors (Lipinski definition) is 4. The molecular weight excluding hydrogens is 222 g/mol. The van der Waals surface area contributed by atoms with Crippen LogP contribution in [0.15, 0.2) is 36.5 Å². The molecule has 0 aliphatic carbocycles. The monoisotopic (exact) mass is 237 g/mol. The van der Waals surface area contributed by atoms with Crippen LogP contribution in [0.2, 0.25) is 0 Å². The van der Waals surface area contributed by atoms with Gasteiger partial charge in [0.1, 0.15) is 12.7 Å². The Labute approximate surface area is 99.8 Å². The Balaban J connectivity index is 0.000000209. The highest BCUT2D eigenvalue weighted by atomic mass is 16.6. The molecule has 1 aromatic rings. The summed E-state index contributed by atoms with van der Waals surface area (Å²) < 4.78 is 10.9. The molecule has 1 unspecified atom stereocenters. The van der Waals surface area contributed by atoms with E-state index in [-0.39, 0.29) is 6.10 Å². The lowest BCUT2D eigenvalue weighted by atomic mass is 10.3. The van der Waals surface area contributed by atoms with Gasteiger partial charge in [0.15, 0.2) is 11.5 Å². The SMILES string of the molecule is C/C=C/[N+](=O)[O-].CC1COc2ccccc2O1. The first kappa shape index (κ1) is 13.0. The molecule has 5 nitrogen and oxygen atoms in total. The summed E-state index contributed by atoms with van der Waals surface area (Å²) in [6.45, 7) is 4.25. The lowest BCUT2D eigenvalue weighted by Gasteiger charge is -2.23. The van der Waals surface area contributed by atoms with Gasteiger partial charge in [0.05, 0.1) is 4.92 Å². The van der Waals surface area contributed by atoms with Crippen LogP contribution in [0.5, 0.6) is 11.5 Å². The standard InChI is InChI=1S/C9H10O2.C3H5NO2/c1-7-6-10-8-4-2-3-5-9(8)11-7;1-2-3-4(5)6/h2-5,7H,6H2,1H3;2-3H,1H3/b;3-2+. The number of fused-ring (bicyclic) bond motifs is 1. The first-order valence-corrected chi connectivity index (χ1v) is 5.28. The number of benzene rings is 1. The largest absolute Gasteiger partial charge is 0.486 e. The second-order valence-electron chi connectivity index (χ2n) is 3.45. The minimum Gasteiger partial charge on any atom is -0.486 e. The third kappa shape index (κ3) is 4.55. The second-order valence-corrected chi connectivity index (χ2v) is 3.45. The molecule has 0 N–H and O–H groups in total. The van der Waals surface area contributed by atoms with Gasteiger partial charge in [-0.25, -0.2) is 0 Å². The topological polar surface area (TPSA) is 61.6 Å². The van der Waals surface area contributed by atoms with E-state index in [2.05, 4.69) is 0 Å². The highest BCUT2D eigenvalue weighted by Crippen LogP contribution is 2.30. The lowest BCUT2D eigenvalue weighted by Crippen LogP contribution is -2.25. The van der Waals surface area contributed by atoms with Crippen molar-refractivity contribution in [2.24, 2.45) is 0 Å². The summed E-state index contributed by atoms with van der Waals surface area (Å²) in [5, 5.41) is 9.32. The van der Waals surface area contributed by atoms with Gasteiger partial charge >= 0.3 is 0 Å². The van der Waals surface area contributed by atoms with E-state index >= 15 is 0 Å². The molecule has 1 aliphatic heterocycles. The maximum atomic E-state index is 9.32. The average Bonchev–Trinajstić information content (AvgIpc) is 2.29. The Hall–Kier alpha value is -2.04. The molecule has 5 heteroatoms. The fraction of sp³-hybridized carbons (Fsp3) is 0.333. The van der Waals surface area contributed by atoms with Gasteiger partial charge < -0.3 is 9.47 Å². The average molecular weight is 237 g/mol. The third-order valence-corrected chi connectivity index (χ3v) is 1.92. The van der Waals surface area contributed by atoms with E-state index in [1.807, 2.05) is 31.2 Å². The van der Waals surface area contributed by atoms with E-state index in [1.54, 1.807) is 6.92 Å². The smallest absolute Gasteiger partial charge is 0.230 e. The number of nitrogens with zero attached hydrogens (tertiary/aromatic N) is 1. The fourth-order valence-corrected chi connectivity index (χ4v) is 1.25. The maximum absolute atomic E-state index is 9.32. The normalized spacial score (nSPS) is 17.2. The van der Waals surface area contributed by atoms with Crippen molar-refractivity contribution in [1.29, 1.82) is 0 Å². The van der Waals surface area contributed by atoms with E-state index in [9.17, 15) is 10.1 Å². The number of para-hydroxylation sites is 2. The molecule has 0 saturated heterocycles. The molecule has 0 bridgehead atoms. The van der Waals surface area contributed by atoms with Crippen LogP contribution < -0.4 is 9.47 Å². The van der Waals surface area contributed by atoms with Crippen molar-refractivity contribution in [2.75, 3.05) is 6.61 Å². The van der Waals surface area contributed by atoms with Crippen molar-refractivity contribution in [2.45, 2.75) is 20.0 Å². The number of rotatable bonds is 1. The van der Waals surface area contributed by atoms with Gasteiger partial charge in [0, 0.05) is 0 Å². The van der Waals surface area contributed by atoms with Gasteiger partial charge in [0.2, 0.25) is 6.20 Å². The van der Waals surface area contributed by atoms with Gasteiger partial charge in [-0.2, -0.15) is 0 Å². The summed E-state index contributed by atoms with van der Waals surface area (Å²) in [6.07, 6.45) is 2.44. The van der Waals surface area contributed by atoms with Gasteiger partial charge in [-0.3, -0.25) is 10.1 Å². The molecule has 92 valence electrons. The second kappa shape index (κ2) is 6.52. The predicted molar refractivity (Wildman–Crippen MR) is 63.8 cm³/mol. The van der Waals surface area contributed by atoms with Crippen molar-refractivity contribution in [3.05, 3.63) is 46.7 Å². The van der Waals surface area contributed by atoms with E-state index < -0.39 is 4.92 Å². The van der Waals surface area contributed by atoms with Crippen LogP contribution in [-0.4, -0.2) is 17.6 Å². The van der Waals surface area contributed by atoms with Crippen molar-refractivity contribution in [1.82, 2.24) is 0 Å². The Bertz CT molecular complexity index is 403. The summed E-state index contributed by atoms with van der Waals surface area (Å²) in [4.78, 5) is 8.82. The molecule has 0 fully saturated rings. The van der Waals surface area contributed by atoms with Gasteiger partial charge in [-0.1, -0.05) is 12.1 Å². The molecule has 2 rings (SSSR count). The molecule has 1 heterocycles. The minimum absolute atomic E-state index is 0.171. The van der Waals surface area contributed by atoms with Crippen LogP contribution >= 0.6 is 0 Å². The number of nitro groups is 1. The Morgan fingerprint density at radius 2 is 2.06 bits per heavy atom. The molecule has 0 saturated carbocycles. The van der Waals surface area contributed by atoms with Crippen LogP contribution in [0.3, 0.4) is 0 Å². The summed E-state index contributed by atoms with van der Waals surface area (Å²) in [7, 11) is 0. The molecule has 0 amide bonds. The Morgan fingerprint density at radius 3 is 2.59 bits per heavy atom. The van der Waals surface area contributed by atoms with E-state index in [1.165, 1.54) is 6.08 Å². The Kier molecular flexibility index (Phi) is 5.00. The van der Waals surface area contributed by atoms with Gasteiger partial charge in [-0.05, 0) is 32.1 Å². The molecule has 1 aliphatic rings. The van der Waals surface area contributed by atoms with Gasteiger partial charge in [0.25, 0.3) is 0 Å². The molecule has 0 radical (unpaired) electrons. The maximum Gasteiger partial charge on any atom is 0.230 e. The van der Waals surface area contributed by atoms with Crippen molar-refractivity contribution >= 4 is 0 Å². The van der Waals surface area contributed by atoms with Crippen LogP contribution in [0, 0.1) is 10.1 Å². The molecule has 0 spiro atoms. The first-order chi connectivity index (χ1) is 8.13. The van der Waals surface area contributed by atoms with Crippen molar-refractivity contribution in [3.63, 3.8) is 0 Å². The summed E-state index contributed by atoms with van der Waals surface area (Å²) in [5.74, 6) is 1.71. The summed E-state index contributed by atoms with van der Waals surface area (Å²) in [6, 6.07) is 7.73. The lowest BCUT2D eigenvalue weighted by molar-refractivity contribution is -0.402. The molecular formula is C12H15NO4. The number of ether oxygens (including phenoxy) is 2. The van der Waals surface area contributed by atoms with Crippen LogP contribution in [0.1, 0.15) is 13.8 Å². The predicted octanol–water partition coefficient (Wildman–Crippen LogP) is 2.64. The van der Waals surface area contributed by atoms with Crippen molar-refractivity contribution in [3.8, 4) is 11.5 Å². The quantitative estimate of drug-likeness (QED) is 0.556. The minimum atomic E-state index is -0.500. The van der Waals surface area contributed by atoms with E-state index in [4.69, 9.17) is 9.47 Å². The summed E-state index contributed by atoms with van der Waals surface area (Å²) >= 11 is 0. The highest BCUT2D eigenvalue weighted by Gasteiger charge is 2.15. The zero-order chi connectivity index (χ0) is 12.7. The fourth-order valence-electron chi connectivity index (χ4n) is 1.25. The Morgan fingerprint density at radius 1 is 1.41 bits per heavy atom. The molecule has 0 aromatic heterocycles. The van der Waals surface area contributed by atoms with Crippen LogP contribution in [-0.2, 0) is 0 Å². The zero-order valence-electron chi connectivity index (χ0n) is 9.83. The highest BCUT2D eigenvalue weighted by molar-refractivity contribution is 5.40. The third-order valence-electron chi connectivity index (χ3n) is 1.92. The van der Waals surface area contributed by atoms with E-state index in [0.717, 1.165) is 17.7 Å². The molecule has 1 aromatic carbocycles. The van der Waals surface area contributed by atoms with E-state index in [0.29, 0.717) is 6.61 Å². The van der Waals surface area contributed by atoms with Crippen molar-refractivity contribution < 1.29 is 14.4 Å². The first-order valence-electron chi connectivity index (χ1n) is 5.28. The van der Waals surface area contributed by atoms with Crippen LogP contribution in [0.25, 0.3) is 0 Å². The molecule has 17 heavy (non-hydrogen) atoms. The zero-order valence-corrected chi connectivity index (χ0v) is 9.83. The number of allylic oxidation sites excluding steroid dienone is 1. The molecule has 1 atom stereocenters. The van der Waals surface area contributed by atoms with Gasteiger partial charge in [-0.15, -0.1) is 0 Å². The van der Waals surface area contributed by atoms with Crippen LogP contribution in [0.4, 0.5) is 0 Å². The number of hydrogen-bond donors (Lipinski definition) is 0.